The number of aryl methyl sites for hydroxylation is 3. The van der Waals surface area contributed by atoms with E-state index < -0.39 is 0 Å². The van der Waals surface area contributed by atoms with Crippen molar-refractivity contribution in [2.75, 3.05) is 10.2 Å². The Kier molecular flexibility index (Phi) is 3.96. The van der Waals surface area contributed by atoms with E-state index in [1.165, 1.54) is 5.56 Å². The number of nitrogens with one attached hydrogen (secondary N) is 1. The highest BCUT2D eigenvalue weighted by atomic mass is 16.2. The minimum absolute atomic E-state index is 0.0285. The summed E-state index contributed by atoms with van der Waals surface area (Å²) in [5, 5.41) is 3.55. The Morgan fingerprint density at radius 1 is 0.962 bits per heavy atom. The fourth-order valence-electron chi connectivity index (χ4n) is 3.42. The maximum Gasteiger partial charge on any atom is 0.261 e. The van der Waals surface area contributed by atoms with Crippen LogP contribution < -0.4 is 10.2 Å². The number of pyridine rings is 1. The Bertz CT molecular complexity index is 979. The highest BCUT2D eigenvalue weighted by Crippen LogP contribution is 2.37. The third-order valence-electron chi connectivity index (χ3n) is 4.78. The van der Waals surface area contributed by atoms with Crippen molar-refractivity contribution in [2.45, 2.75) is 26.9 Å². The highest BCUT2D eigenvalue weighted by molar-refractivity contribution is 6.11. The van der Waals surface area contributed by atoms with E-state index in [-0.39, 0.29) is 12.1 Å². The SMILES string of the molecule is Cc1ccc(N2C(=O)c3ccccc3[C@H]2Nc2ccc(C)cc2C)nc1. The zero-order valence-corrected chi connectivity index (χ0v) is 15.2. The van der Waals surface area contributed by atoms with Crippen molar-refractivity contribution in [3.63, 3.8) is 0 Å². The Labute approximate surface area is 153 Å². The largest absolute Gasteiger partial charge is 0.361 e. The molecule has 3 aromatic rings. The predicted molar refractivity (Wildman–Crippen MR) is 105 cm³/mol. The first kappa shape index (κ1) is 16.3. The van der Waals surface area contributed by atoms with Crippen LogP contribution in [0.4, 0.5) is 11.5 Å². The second-order valence-electron chi connectivity index (χ2n) is 6.82. The topological polar surface area (TPSA) is 45.2 Å². The highest BCUT2D eigenvalue weighted by Gasteiger charge is 2.38. The van der Waals surface area contributed by atoms with Gasteiger partial charge >= 0.3 is 0 Å². The van der Waals surface area contributed by atoms with Crippen molar-refractivity contribution >= 4 is 17.4 Å². The van der Waals surface area contributed by atoms with Gasteiger partial charge in [0.2, 0.25) is 0 Å². The van der Waals surface area contributed by atoms with Gasteiger partial charge in [-0.3, -0.25) is 9.69 Å². The fourth-order valence-corrected chi connectivity index (χ4v) is 3.42. The average molecular weight is 343 g/mol. The molecule has 0 bridgehead atoms. The molecule has 1 amide bonds. The summed E-state index contributed by atoms with van der Waals surface area (Å²) >= 11 is 0. The van der Waals surface area contributed by atoms with Gasteiger partial charge in [-0.1, -0.05) is 42.0 Å². The number of hydrogen-bond donors (Lipinski definition) is 1. The number of hydrogen-bond acceptors (Lipinski definition) is 3. The summed E-state index contributed by atoms with van der Waals surface area (Å²) in [5.41, 5.74) is 6.14. The van der Waals surface area contributed by atoms with E-state index in [1.54, 1.807) is 11.1 Å². The molecule has 4 heteroatoms. The van der Waals surface area contributed by atoms with Crippen LogP contribution in [0.2, 0.25) is 0 Å². The summed E-state index contributed by atoms with van der Waals surface area (Å²) in [5.74, 6) is 0.623. The summed E-state index contributed by atoms with van der Waals surface area (Å²) in [6, 6.07) is 17.9. The Morgan fingerprint density at radius 3 is 2.46 bits per heavy atom. The summed E-state index contributed by atoms with van der Waals surface area (Å²) in [6.07, 6.45) is 1.51. The van der Waals surface area contributed by atoms with E-state index >= 15 is 0 Å². The van der Waals surface area contributed by atoms with Gasteiger partial charge in [-0.15, -0.1) is 0 Å². The van der Waals surface area contributed by atoms with Crippen molar-refractivity contribution in [1.82, 2.24) is 4.98 Å². The number of rotatable bonds is 3. The number of anilines is 2. The Hall–Kier alpha value is -3.14. The summed E-state index contributed by atoms with van der Waals surface area (Å²) in [7, 11) is 0. The number of nitrogens with zero attached hydrogens (tertiary/aromatic N) is 2. The molecule has 0 saturated carbocycles. The van der Waals surface area contributed by atoms with E-state index in [2.05, 4.69) is 42.3 Å². The molecule has 0 radical (unpaired) electrons. The minimum Gasteiger partial charge on any atom is -0.361 e. The van der Waals surface area contributed by atoms with Gasteiger partial charge in [0, 0.05) is 23.0 Å². The number of benzene rings is 2. The first-order chi connectivity index (χ1) is 12.5. The van der Waals surface area contributed by atoms with E-state index in [0.29, 0.717) is 5.82 Å². The van der Waals surface area contributed by atoms with E-state index in [4.69, 9.17) is 0 Å². The molecule has 0 saturated heterocycles. The van der Waals surface area contributed by atoms with E-state index in [1.807, 2.05) is 43.3 Å². The molecule has 0 aliphatic carbocycles. The normalized spacial score (nSPS) is 15.9. The Morgan fingerprint density at radius 2 is 1.73 bits per heavy atom. The number of aromatic nitrogens is 1. The van der Waals surface area contributed by atoms with Crippen LogP contribution in [-0.4, -0.2) is 10.9 Å². The van der Waals surface area contributed by atoms with E-state index in [9.17, 15) is 4.79 Å². The molecule has 4 nitrogen and oxygen atoms in total. The molecule has 2 aromatic carbocycles. The maximum absolute atomic E-state index is 13.1. The molecule has 4 rings (SSSR count). The third kappa shape index (κ3) is 2.73. The van der Waals surface area contributed by atoms with Gasteiger partial charge < -0.3 is 5.32 Å². The quantitative estimate of drug-likeness (QED) is 0.744. The number of amides is 1. The molecule has 1 aromatic heterocycles. The number of carbonyl (C=O) groups excluding carboxylic acids is 1. The van der Waals surface area contributed by atoms with Crippen LogP contribution in [0.3, 0.4) is 0 Å². The average Bonchev–Trinajstić information content (AvgIpc) is 2.91. The molecule has 1 aliphatic rings. The van der Waals surface area contributed by atoms with Crippen molar-refractivity contribution in [1.29, 1.82) is 0 Å². The second kappa shape index (κ2) is 6.30. The lowest BCUT2D eigenvalue weighted by molar-refractivity contribution is 0.0992. The van der Waals surface area contributed by atoms with Gasteiger partial charge in [-0.2, -0.15) is 0 Å². The zero-order valence-electron chi connectivity index (χ0n) is 15.2. The third-order valence-corrected chi connectivity index (χ3v) is 4.78. The van der Waals surface area contributed by atoms with Gasteiger partial charge in [0.1, 0.15) is 12.0 Å². The molecular weight excluding hydrogens is 322 g/mol. The van der Waals surface area contributed by atoms with Crippen LogP contribution in [0, 0.1) is 20.8 Å². The van der Waals surface area contributed by atoms with Gasteiger partial charge in [0.25, 0.3) is 5.91 Å². The maximum atomic E-state index is 13.1. The molecule has 1 N–H and O–H groups in total. The van der Waals surface area contributed by atoms with Gasteiger partial charge in [-0.05, 0) is 50.1 Å². The van der Waals surface area contributed by atoms with Crippen LogP contribution in [0.1, 0.15) is 38.8 Å². The van der Waals surface area contributed by atoms with Crippen LogP contribution in [-0.2, 0) is 0 Å². The zero-order chi connectivity index (χ0) is 18.3. The second-order valence-corrected chi connectivity index (χ2v) is 6.82. The molecule has 2 heterocycles. The van der Waals surface area contributed by atoms with Gasteiger partial charge in [0.05, 0.1) is 0 Å². The predicted octanol–water partition coefficient (Wildman–Crippen LogP) is 4.78. The molecule has 130 valence electrons. The summed E-state index contributed by atoms with van der Waals surface area (Å²) in [4.78, 5) is 19.3. The standard InChI is InChI=1S/C22H21N3O/c1-14-8-10-19(16(3)12-14)24-21-17-6-4-5-7-18(17)22(26)25(21)20-11-9-15(2)13-23-20/h4-13,21,24H,1-3H3/t21-/m0/s1. The van der Waals surface area contributed by atoms with Gasteiger partial charge in [0.15, 0.2) is 0 Å². The molecule has 0 spiro atoms. The lowest BCUT2D eigenvalue weighted by atomic mass is 10.1. The monoisotopic (exact) mass is 343 g/mol. The van der Waals surface area contributed by atoms with Crippen LogP contribution in [0.15, 0.2) is 60.8 Å². The van der Waals surface area contributed by atoms with Crippen molar-refractivity contribution in [3.8, 4) is 0 Å². The van der Waals surface area contributed by atoms with Crippen LogP contribution in [0.25, 0.3) is 0 Å². The molecule has 26 heavy (non-hydrogen) atoms. The van der Waals surface area contributed by atoms with Crippen LogP contribution >= 0.6 is 0 Å². The molecule has 1 atom stereocenters. The number of fused-ring (bicyclic) bond motifs is 1. The Balaban J connectivity index is 1.79. The number of carbonyl (C=O) groups is 1. The lowest BCUT2D eigenvalue weighted by Crippen LogP contribution is -2.33. The smallest absolute Gasteiger partial charge is 0.261 e. The molecule has 0 fully saturated rings. The fraction of sp³-hybridized carbons (Fsp3) is 0.182. The first-order valence-electron chi connectivity index (χ1n) is 8.73. The van der Waals surface area contributed by atoms with Crippen molar-refractivity contribution < 1.29 is 4.79 Å². The first-order valence-corrected chi connectivity index (χ1v) is 8.73. The van der Waals surface area contributed by atoms with E-state index in [0.717, 1.165) is 27.9 Å². The lowest BCUT2D eigenvalue weighted by Gasteiger charge is -2.27. The summed E-state index contributed by atoms with van der Waals surface area (Å²) < 4.78 is 0. The van der Waals surface area contributed by atoms with Crippen molar-refractivity contribution in [3.05, 3.63) is 88.6 Å². The summed E-state index contributed by atoms with van der Waals surface area (Å²) in [6.45, 7) is 6.14. The van der Waals surface area contributed by atoms with Crippen molar-refractivity contribution in [2.24, 2.45) is 0 Å². The van der Waals surface area contributed by atoms with Crippen LogP contribution in [0.5, 0.6) is 0 Å². The molecular formula is C22H21N3O. The molecule has 1 aliphatic heterocycles. The minimum atomic E-state index is -0.282. The molecule has 0 unspecified atom stereocenters. The van der Waals surface area contributed by atoms with Gasteiger partial charge in [-0.25, -0.2) is 4.98 Å².